The van der Waals surface area contributed by atoms with Crippen molar-refractivity contribution in [2.24, 2.45) is 0 Å². The van der Waals surface area contributed by atoms with Gasteiger partial charge in [0.2, 0.25) is 5.91 Å². The van der Waals surface area contributed by atoms with E-state index in [0.717, 1.165) is 19.4 Å². The second-order valence-electron chi connectivity index (χ2n) is 4.32. The number of aliphatic hydroxyl groups is 1. The summed E-state index contributed by atoms with van der Waals surface area (Å²) in [5.74, 6) is -1.32. The topological polar surface area (TPSA) is 89.9 Å². The second-order valence-corrected chi connectivity index (χ2v) is 4.32. The largest absolute Gasteiger partial charge is 0.480 e. The molecule has 0 aromatic heterocycles. The van der Waals surface area contributed by atoms with Gasteiger partial charge < -0.3 is 20.4 Å². The maximum absolute atomic E-state index is 12.0. The lowest BCUT2D eigenvalue weighted by Crippen LogP contribution is -2.50. The highest BCUT2D eigenvalue weighted by Crippen LogP contribution is 2.21. The number of aliphatic carboxylic acids is 1. The molecule has 1 unspecified atom stereocenters. The summed E-state index contributed by atoms with van der Waals surface area (Å²) >= 11 is 0. The Morgan fingerprint density at radius 2 is 2.06 bits per heavy atom. The van der Waals surface area contributed by atoms with Crippen LogP contribution in [0.3, 0.4) is 0 Å². The molecular weight excluding hydrogens is 212 g/mol. The third-order valence-corrected chi connectivity index (χ3v) is 3.26. The Hall–Kier alpha value is -1.14. The number of aliphatic hydroxyl groups excluding tert-OH is 1. The van der Waals surface area contributed by atoms with Gasteiger partial charge in [0.25, 0.3) is 0 Å². The fourth-order valence-electron chi connectivity index (χ4n) is 2.42. The van der Waals surface area contributed by atoms with Crippen molar-refractivity contribution >= 4 is 11.9 Å². The van der Waals surface area contributed by atoms with Gasteiger partial charge in [0, 0.05) is 6.54 Å². The number of carbonyl (C=O) groups excluding carboxylic acids is 1. The highest BCUT2D eigenvalue weighted by Gasteiger charge is 2.43. The van der Waals surface area contributed by atoms with E-state index in [1.807, 2.05) is 0 Å². The first-order valence-electron chi connectivity index (χ1n) is 5.56. The predicted molar refractivity (Wildman–Crippen MR) is 54.8 cm³/mol. The number of carboxylic acids is 1. The Kier molecular flexibility index (Phi) is 3.11. The molecule has 6 nitrogen and oxygen atoms in total. The van der Waals surface area contributed by atoms with E-state index in [-0.39, 0.29) is 11.9 Å². The van der Waals surface area contributed by atoms with Crippen LogP contribution in [0.2, 0.25) is 0 Å². The van der Waals surface area contributed by atoms with Crippen molar-refractivity contribution < 1.29 is 19.8 Å². The number of nitrogens with one attached hydrogen (secondary N) is 1. The zero-order chi connectivity index (χ0) is 11.7. The molecule has 90 valence electrons. The number of hydrogen-bond acceptors (Lipinski definition) is 4. The number of amides is 1. The quantitative estimate of drug-likeness (QED) is 0.551. The molecule has 6 heteroatoms. The van der Waals surface area contributed by atoms with E-state index in [4.69, 9.17) is 5.11 Å². The summed E-state index contributed by atoms with van der Waals surface area (Å²) in [5.41, 5.74) is 0. The molecule has 2 aliphatic rings. The van der Waals surface area contributed by atoms with Gasteiger partial charge in [-0.15, -0.1) is 0 Å². The molecule has 3 N–H and O–H groups in total. The van der Waals surface area contributed by atoms with Crippen LogP contribution in [0.5, 0.6) is 0 Å². The van der Waals surface area contributed by atoms with Gasteiger partial charge in [-0.3, -0.25) is 4.79 Å². The van der Waals surface area contributed by atoms with E-state index in [0.29, 0.717) is 13.0 Å². The third kappa shape index (κ3) is 1.90. The summed E-state index contributed by atoms with van der Waals surface area (Å²) in [6.07, 6.45) is 1.08. The lowest BCUT2D eigenvalue weighted by Gasteiger charge is -2.25. The fraction of sp³-hybridized carbons (Fsp3) is 0.800. The van der Waals surface area contributed by atoms with Crippen molar-refractivity contribution in [1.82, 2.24) is 10.2 Å². The zero-order valence-electron chi connectivity index (χ0n) is 8.93. The average Bonchev–Trinajstić information content (AvgIpc) is 2.84. The molecular formula is C10H16N2O4. The van der Waals surface area contributed by atoms with E-state index in [1.54, 1.807) is 0 Å². The Morgan fingerprint density at radius 1 is 1.31 bits per heavy atom. The molecule has 3 atom stereocenters. The van der Waals surface area contributed by atoms with Crippen molar-refractivity contribution in [3.63, 3.8) is 0 Å². The molecule has 0 aromatic carbocycles. The molecule has 2 fully saturated rings. The van der Waals surface area contributed by atoms with Crippen molar-refractivity contribution in [2.75, 3.05) is 13.1 Å². The lowest BCUT2D eigenvalue weighted by atomic mass is 10.1. The standard InChI is InChI=1S/C10H16N2O4/c13-7-3-5-12(8(7)10(15)16)9(14)6-2-1-4-11-6/h6-8,11,13H,1-5H2,(H,15,16)/t6-,7?,8-/m0/s1. The molecule has 2 heterocycles. The Labute approximate surface area is 93.2 Å². The molecule has 2 rings (SSSR count). The molecule has 0 radical (unpaired) electrons. The van der Waals surface area contributed by atoms with Crippen molar-refractivity contribution in [3.8, 4) is 0 Å². The summed E-state index contributed by atoms with van der Waals surface area (Å²) in [5, 5.41) is 21.5. The fourth-order valence-corrected chi connectivity index (χ4v) is 2.42. The maximum Gasteiger partial charge on any atom is 0.329 e. The first-order valence-corrected chi connectivity index (χ1v) is 5.56. The van der Waals surface area contributed by atoms with Gasteiger partial charge in [0.05, 0.1) is 12.1 Å². The highest BCUT2D eigenvalue weighted by molar-refractivity contribution is 5.88. The zero-order valence-corrected chi connectivity index (χ0v) is 8.93. The molecule has 0 saturated carbocycles. The van der Waals surface area contributed by atoms with Crippen LogP contribution in [-0.2, 0) is 9.59 Å². The Morgan fingerprint density at radius 3 is 2.62 bits per heavy atom. The third-order valence-electron chi connectivity index (χ3n) is 3.26. The Balaban J connectivity index is 2.07. The number of likely N-dealkylation sites (tertiary alicyclic amines) is 1. The van der Waals surface area contributed by atoms with Crippen LogP contribution < -0.4 is 5.32 Å². The minimum Gasteiger partial charge on any atom is -0.480 e. The van der Waals surface area contributed by atoms with Crippen molar-refractivity contribution in [3.05, 3.63) is 0 Å². The number of carboxylic acid groups (broad SMARTS) is 1. The van der Waals surface area contributed by atoms with E-state index in [9.17, 15) is 14.7 Å². The molecule has 16 heavy (non-hydrogen) atoms. The second kappa shape index (κ2) is 4.39. The van der Waals surface area contributed by atoms with Gasteiger partial charge in [0.1, 0.15) is 0 Å². The summed E-state index contributed by atoms with van der Waals surface area (Å²) in [6.45, 7) is 1.12. The van der Waals surface area contributed by atoms with Crippen LogP contribution >= 0.6 is 0 Å². The average molecular weight is 228 g/mol. The molecule has 2 aliphatic heterocycles. The van der Waals surface area contributed by atoms with Crippen molar-refractivity contribution in [2.45, 2.75) is 37.5 Å². The molecule has 2 saturated heterocycles. The van der Waals surface area contributed by atoms with E-state index < -0.39 is 18.1 Å². The van der Waals surface area contributed by atoms with Crippen LogP contribution in [-0.4, -0.2) is 58.3 Å². The molecule has 0 aliphatic carbocycles. The van der Waals surface area contributed by atoms with Gasteiger partial charge in [-0.2, -0.15) is 0 Å². The van der Waals surface area contributed by atoms with Crippen LogP contribution in [0.4, 0.5) is 0 Å². The van der Waals surface area contributed by atoms with Crippen molar-refractivity contribution in [1.29, 1.82) is 0 Å². The van der Waals surface area contributed by atoms with Gasteiger partial charge in [0.15, 0.2) is 6.04 Å². The van der Waals surface area contributed by atoms with Gasteiger partial charge in [-0.05, 0) is 25.8 Å². The van der Waals surface area contributed by atoms with Crippen LogP contribution in [0.15, 0.2) is 0 Å². The SMILES string of the molecule is O=C(O)[C@@H]1C(O)CCN1C(=O)[C@@H]1CCCN1. The van der Waals surface area contributed by atoms with Gasteiger partial charge in [-0.25, -0.2) is 4.79 Å². The summed E-state index contributed by atoms with van der Waals surface area (Å²) in [6, 6.07) is -1.35. The summed E-state index contributed by atoms with van der Waals surface area (Å²) in [4.78, 5) is 24.3. The normalized spacial score (nSPS) is 34.3. The number of hydrogen-bond donors (Lipinski definition) is 3. The number of nitrogens with zero attached hydrogens (tertiary/aromatic N) is 1. The molecule has 0 aromatic rings. The van der Waals surface area contributed by atoms with Crippen LogP contribution in [0, 0.1) is 0 Å². The summed E-state index contributed by atoms with van der Waals surface area (Å²) < 4.78 is 0. The van der Waals surface area contributed by atoms with Gasteiger partial charge >= 0.3 is 5.97 Å². The van der Waals surface area contributed by atoms with E-state index >= 15 is 0 Å². The number of rotatable bonds is 2. The number of carbonyl (C=O) groups is 2. The molecule has 0 bridgehead atoms. The van der Waals surface area contributed by atoms with Crippen LogP contribution in [0.1, 0.15) is 19.3 Å². The first kappa shape index (κ1) is 11.3. The minimum atomic E-state index is -1.13. The minimum absolute atomic E-state index is 0.193. The van der Waals surface area contributed by atoms with Crippen LogP contribution in [0.25, 0.3) is 0 Å². The molecule has 1 amide bonds. The smallest absolute Gasteiger partial charge is 0.329 e. The summed E-state index contributed by atoms with van der Waals surface area (Å²) in [7, 11) is 0. The van der Waals surface area contributed by atoms with Gasteiger partial charge in [-0.1, -0.05) is 0 Å². The Bertz CT molecular complexity index is 301. The highest BCUT2D eigenvalue weighted by atomic mass is 16.4. The monoisotopic (exact) mass is 228 g/mol. The maximum atomic E-state index is 12.0. The first-order chi connectivity index (χ1) is 7.61. The lowest BCUT2D eigenvalue weighted by molar-refractivity contribution is -0.151. The van der Waals surface area contributed by atoms with E-state index in [1.165, 1.54) is 4.90 Å². The molecule has 0 spiro atoms. The van der Waals surface area contributed by atoms with E-state index in [2.05, 4.69) is 5.32 Å². The predicted octanol–water partition coefficient (Wildman–Crippen LogP) is -1.22.